The number of piperazine rings is 1. The van der Waals surface area contributed by atoms with E-state index in [1.165, 1.54) is 7.11 Å². The maximum atomic E-state index is 13.8. The number of methoxy groups -OCH3 is 1. The fourth-order valence-electron chi connectivity index (χ4n) is 4.72. The molecule has 4 rings (SSSR count). The number of alkyl halides is 3. The van der Waals surface area contributed by atoms with Gasteiger partial charge in [0.05, 0.1) is 23.9 Å². The number of esters is 1. The van der Waals surface area contributed by atoms with Crippen LogP contribution < -0.4 is 10.2 Å². The standard InChI is InChI=1S/C31H36F3N5O4/c1-20-17-23(38-13-15-39(16-14-38)29(41)43-30(2,3)4)10-12-25(20)36-28-35-19-24(31(32,33)34)26(37-28)11-9-21-7-6-8-22(18-21)27(40)42-5/h6-8,10,12,17-19H,9,11,13-16H2,1-5H3,(H,35,36,37). The number of carbonyl (C=O) groups excluding carboxylic acids is 2. The Labute approximate surface area is 249 Å². The second-order valence-electron chi connectivity index (χ2n) is 11.3. The molecule has 1 aromatic heterocycles. The topological polar surface area (TPSA) is 96.9 Å². The lowest BCUT2D eigenvalue weighted by atomic mass is 10.0. The smallest absolute Gasteiger partial charge is 0.419 e. The lowest BCUT2D eigenvalue weighted by molar-refractivity contribution is -0.138. The minimum atomic E-state index is -4.62. The van der Waals surface area contributed by atoms with Crippen molar-refractivity contribution >= 4 is 29.4 Å². The normalized spacial score (nSPS) is 14.0. The molecule has 1 saturated heterocycles. The number of hydrogen-bond donors (Lipinski definition) is 1. The van der Waals surface area contributed by atoms with Crippen LogP contribution in [0.15, 0.2) is 48.7 Å². The summed E-state index contributed by atoms with van der Waals surface area (Å²) in [6, 6.07) is 12.3. The summed E-state index contributed by atoms with van der Waals surface area (Å²) in [7, 11) is 1.27. The number of rotatable bonds is 7. The van der Waals surface area contributed by atoms with Gasteiger partial charge in [0.2, 0.25) is 5.95 Å². The van der Waals surface area contributed by atoms with Crippen LogP contribution >= 0.6 is 0 Å². The molecule has 0 bridgehead atoms. The molecular formula is C31H36F3N5O4. The van der Waals surface area contributed by atoms with Crippen LogP contribution in [-0.4, -0.2) is 65.8 Å². The average molecular weight is 600 g/mol. The largest absolute Gasteiger partial charge is 0.465 e. The highest BCUT2D eigenvalue weighted by Gasteiger charge is 2.35. The van der Waals surface area contributed by atoms with Gasteiger partial charge in [0.15, 0.2) is 0 Å². The van der Waals surface area contributed by atoms with Crippen molar-refractivity contribution < 1.29 is 32.2 Å². The number of aryl methyl sites for hydroxylation is 3. The maximum Gasteiger partial charge on any atom is 0.419 e. The van der Waals surface area contributed by atoms with Crippen molar-refractivity contribution in [3.05, 3.63) is 76.6 Å². The Morgan fingerprint density at radius 3 is 2.35 bits per heavy atom. The number of anilines is 3. The predicted molar refractivity (Wildman–Crippen MR) is 157 cm³/mol. The van der Waals surface area contributed by atoms with Crippen molar-refractivity contribution in [3.8, 4) is 0 Å². The molecule has 0 saturated carbocycles. The van der Waals surface area contributed by atoms with Gasteiger partial charge in [-0.3, -0.25) is 0 Å². The second kappa shape index (κ2) is 12.9. The Morgan fingerprint density at radius 1 is 1.00 bits per heavy atom. The summed E-state index contributed by atoms with van der Waals surface area (Å²) in [4.78, 5) is 36.3. The molecule has 0 radical (unpaired) electrons. The van der Waals surface area contributed by atoms with Gasteiger partial charge in [-0.15, -0.1) is 0 Å². The van der Waals surface area contributed by atoms with Gasteiger partial charge in [-0.25, -0.2) is 19.6 Å². The Morgan fingerprint density at radius 2 is 1.72 bits per heavy atom. The number of carbonyl (C=O) groups is 2. The Bertz CT molecular complexity index is 1460. The first-order valence-electron chi connectivity index (χ1n) is 13.9. The number of amides is 1. The van der Waals surface area contributed by atoms with Crippen LogP contribution in [0, 0.1) is 6.92 Å². The number of aromatic nitrogens is 2. The quantitative estimate of drug-likeness (QED) is 0.322. The minimum Gasteiger partial charge on any atom is -0.465 e. The molecule has 0 unspecified atom stereocenters. The van der Waals surface area contributed by atoms with Crippen molar-refractivity contribution in [2.75, 3.05) is 43.5 Å². The first-order valence-corrected chi connectivity index (χ1v) is 13.9. The van der Waals surface area contributed by atoms with Crippen LogP contribution in [0.25, 0.3) is 0 Å². The first-order chi connectivity index (χ1) is 20.2. The van der Waals surface area contributed by atoms with Gasteiger partial charge in [-0.1, -0.05) is 12.1 Å². The van der Waals surface area contributed by atoms with Gasteiger partial charge in [0.1, 0.15) is 5.60 Å². The maximum absolute atomic E-state index is 13.8. The summed E-state index contributed by atoms with van der Waals surface area (Å²) < 4.78 is 51.5. The molecular weight excluding hydrogens is 563 g/mol. The zero-order valence-electron chi connectivity index (χ0n) is 24.9. The molecule has 9 nitrogen and oxygen atoms in total. The highest BCUT2D eigenvalue weighted by molar-refractivity contribution is 5.89. The number of ether oxygens (including phenoxy) is 2. The van der Waals surface area contributed by atoms with Crippen molar-refractivity contribution in [2.45, 2.75) is 52.3 Å². The van der Waals surface area contributed by atoms with Crippen LogP contribution in [-0.2, 0) is 28.5 Å². The van der Waals surface area contributed by atoms with E-state index in [0.29, 0.717) is 43.0 Å². The third-order valence-electron chi connectivity index (χ3n) is 6.92. The van der Waals surface area contributed by atoms with Crippen molar-refractivity contribution in [3.63, 3.8) is 0 Å². The molecule has 230 valence electrons. The number of hydrogen-bond acceptors (Lipinski definition) is 8. The third-order valence-corrected chi connectivity index (χ3v) is 6.92. The van der Waals surface area contributed by atoms with Crippen LogP contribution in [0.5, 0.6) is 0 Å². The van der Waals surface area contributed by atoms with E-state index < -0.39 is 23.3 Å². The van der Waals surface area contributed by atoms with E-state index in [9.17, 15) is 22.8 Å². The van der Waals surface area contributed by atoms with E-state index in [0.717, 1.165) is 17.4 Å². The molecule has 12 heteroatoms. The van der Waals surface area contributed by atoms with Gasteiger partial charge >= 0.3 is 18.2 Å². The zero-order valence-corrected chi connectivity index (χ0v) is 24.9. The van der Waals surface area contributed by atoms with Crippen molar-refractivity contribution in [1.29, 1.82) is 0 Å². The molecule has 1 N–H and O–H groups in total. The number of nitrogens with one attached hydrogen (secondary N) is 1. The number of benzene rings is 2. The van der Waals surface area contributed by atoms with E-state index in [4.69, 9.17) is 9.47 Å². The lowest BCUT2D eigenvalue weighted by Gasteiger charge is -2.37. The molecule has 0 spiro atoms. The van der Waals surface area contributed by atoms with Gasteiger partial charge < -0.3 is 24.6 Å². The van der Waals surface area contributed by atoms with Crippen LogP contribution in [0.3, 0.4) is 0 Å². The van der Waals surface area contributed by atoms with Gasteiger partial charge in [-0.2, -0.15) is 13.2 Å². The van der Waals surface area contributed by atoms with E-state index in [1.807, 2.05) is 45.9 Å². The summed E-state index contributed by atoms with van der Waals surface area (Å²) in [5.74, 6) is -0.469. The third kappa shape index (κ3) is 8.36. The van der Waals surface area contributed by atoms with Crippen molar-refractivity contribution in [2.24, 2.45) is 0 Å². The molecule has 0 atom stereocenters. The molecule has 0 aliphatic carbocycles. The second-order valence-corrected chi connectivity index (χ2v) is 11.3. The van der Waals surface area contributed by atoms with Gasteiger partial charge in [0, 0.05) is 43.8 Å². The average Bonchev–Trinajstić information content (AvgIpc) is 2.95. The van der Waals surface area contributed by atoms with Crippen LogP contribution in [0.4, 0.5) is 35.3 Å². The van der Waals surface area contributed by atoms with E-state index >= 15 is 0 Å². The summed E-state index contributed by atoms with van der Waals surface area (Å²) >= 11 is 0. The fourth-order valence-corrected chi connectivity index (χ4v) is 4.72. The highest BCUT2D eigenvalue weighted by Crippen LogP contribution is 2.33. The number of nitrogens with zero attached hydrogens (tertiary/aromatic N) is 4. The molecule has 1 aliphatic rings. The molecule has 1 fully saturated rings. The molecule has 1 aliphatic heterocycles. The van der Waals surface area contributed by atoms with E-state index in [1.54, 1.807) is 29.2 Å². The summed E-state index contributed by atoms with van der Waals surface area (Å²) in [6.07, 6.45) is -3.92. The monoisotopic (exact) mass is 599 g/mol. The van der Waals surface area contributed by atoms with Gasteiger partial charge in [0.25, 0.3) is 0 Å². The van der Waals surface area contributed by atoms with Crippen LogP contribution in [0.2, 0.25) is 0 Å². The summed E-state index contributed by atoms with van der Waals surface area (Å²) in [6.45, 7) is 9.74. The fraction of sp³-hybridized carbons (Fsp3) is 0.419. The van der Waals surface area contributed by atoms with Crippen molar-refractivity contribution in [1.82, 2.24) is 14.9 Å². The number of halogens is 3. The van der Waals surface area contributed by atoms with Crippen LogP contribution in [0.1, 0.15) is 53.5 Å². The molecule has 43 heavy (non-hydrogen) atoms. The Hall–Kier alpha value is -4.35. The SMILES string of the molecule is COC(=O)c1cccc(CCc2nc(Nc3ccc(N4CCN(C(=O)OC(C)(C)C)CC4)cc3C)ncc2C(F)(F)F)c1. The zero-order chi connectivity index (χ0) is 31.4. The van der Waals surface area contributed by atoms with E-state index in [-0.39, 0.29) is 30.6 Å². The Kier molecular flexibility index (Phi) is 9.46. The highest BCUT2D eigenvalue weighted by atomic mass is 19.4. The predicted octanol–water partition coefficient (Wildman–Crippen LogP) is 6.18. The molecule has 2 heterocycles. The minimum absolute atomic E-state index is 0.0101. The Balaban J connectivity index is 1.45. The lowest BCUT2D eigenvalue weighted by Crippen LogP contribution is -2.50. The van der Waals surface area contributed by atoms with Gasteiger partial charge in [-0.05, 0) is 82.0 Å². The first kappa shape index (κ1) is 31.6. The summed E-state index contributed by atoms with van der Waals surface area (Å²) in [5.41, 5.74) is 1.89. The molecule has 3 aromatic rings. The molecule has 1 amide bonds. The summed E-state index contributed by atoms with van der Waals surface area (Å²) in [5, 5.41) is 3.06. The van der Waals surface area contributed by atoms with E-state index in [2.05, 4.69) is 20.2 Å². The molecule has 2 aromatic carbocycles.